The molecule has 0 spiro atoms. The largest absolute Gasteiger partial charge is 0.368 e. The molecule has 2 aromatic rings. The number of hydrogen-bond donors (Lipinski definition) is 1. The average molecular weight is 261 g/mol. The van der Waals surface area contributed by atoms with Crippen molar-refractivity contribution in [3.63, 3.8) is 0 Å². The van der Waals surface area contributed by atoms with Crippen LogP contribution < -0.4 is 5.32 Å². The first-order valence-corrected chi connectivity index (χ1v) is 7.41. The van der Waals surface area contributed by atoms with Gasteiger partial charge in [-0.1, -0.05) is 0 Å². The molecule has 1 atom stereocenters. The molecular formula is C14H19N3S. The van der Waals surface area contributed by atoms with Crippen LogP contribution in [0.4, 0.5) is 5.82 Å². The van der Waals surface area contributed by atoms with Crippen molar-refractivity contribution in [2.75, 3.05) is 18.9 Å². The number of nitrogens with zero attached hydrogens (tertiary/aromatic N) is 2. The Morgan fingerprint density at radius 3 is 3.11 bits per heavy atom. The van der Waals surface area contributed by atoms with E-state index < -0.39 is 0 Å². The van der Waals surface area contributed by atoms with E-state index in [-0.39, 0.29) is 0 Å². The normalized spacial score (nSPS) is 17.3. The minimum atomic E-state index is 0.549. The molecule has 1 aliphatic carbocycles. The molecule has 18 heavy (non-hydrogen) atoms. The highest BCUT2D eigenvalue weighted by Gasteiger charge is 2.28. The monoisotopic (exact) mass is 261 g/mol. The van der Waals surface area contributed by atoms with E-state index in [1.165, 1.54) is 22.9 Å². The lowest BCUT2D eigenvalue weighted by Crippen LogP contribution is -2.36. The molecule has 1 N–H and O–H groups in total. The second kappa shape index (κ2) is 4.86. The fraction of sp³-hybridized carbons (Fsp3) is 0.500. The van der Waals surface area contributed by atoms with Gasteiger partial charge >= 0.3 is 0 Å². The van der Waals surface area contributed by atoms with E-state index in [9.17, 15) is 0 Å². The summed E-state index contributed by atoms with van der Waals surface area (Å²) >= 11 is 1.77. The van der Waals surface area contributed by atoms with Gasteiger partial charge in [-0.25, -0.2) is 4.98 Å². The fourth-order valence-corrected chi connectivity index (χ4v) is 3.05. The van der Waals surface area contributed by atoms with Gasteiger partial charge in [-0.05, 0) is 44.3 Å². The maximum absolute atomic E-state index is 4.45. The number of fused-ring (bicyclic) bond motifs is 1. The first kappa shape index (κ1) is 11.9. The maximum atomic E-state index is 4.45. The summed E-state index contributed by atoms with van der Waals surface area (Å²) in [4.78, 5) is 6.92. The lowest BCUT2D eigenvalue weighted by molar-refractivity contribution is 0.257. The Labute approximate surface area is 112 Å². The van der Waals surface area contributed by atoms with Gasteiger partial charge in [-0.2, -0.15) is 0 Å². The van der Waals surface area contributed by atoms with E-state index in [0.29, 0.717) is 6.04 Å². The Bertz CT molecular complexity index is 533. The van der Waals surface area contributed by atoms with Crippen molar-refractivity contribution in [1.29, 1.82) is 0 Å². The Hall–Kier alpha value is -1.13. The van der Waals surface area contributed by atoms with Crippen LogP contribution in [0.15, 0.2) is 23.7 Å². The quantitative estimate of drug-likeness (QED) is 0.896. The number of nitrogens with one attached hydrogen (secondary N) is 1. The molecule has 1 saturated carbocycles. The van der Waals surface area contributed by atoms with E-state index in [1.54, 1.807) is 11.3 Å². The molecular weight excluding hydrogens is 242 g/mol. The highest BCUT2D eigenvalue weighted by molar-refractivity contribution is 7.17. The van der Waals surface area contributed by atoms with Crippen LogP contribution in [0.2, 0.25) is 0 Å². The molecule has 0 saturated heterocycles. The third-order valence-electron chi connectivity index (χ3n) is 3.76. The second-order valence-electron chi connectivity index (χ2n) is 5.12. The highest BCUT2D eigenvalue weighted by atomic mass is 32.1. The van der Waals surface area contributed by atoms with Crippen LogP contribution in [-0.4, -0.2) is 35.6 Å². The highest BCUT2D eigenvalue weighted by Crippen LogP contribution is 2.28. The molecule has 0 radical (unpaired) electrons. The number of rotatable bonds is 5. The second-order valence-corrected chi connectivity index (χ2v) is 6.07. The van der Waals surface area contributed by atoms with Crippen LogP contribution in [0.25, 0.3) is 10.1 Å². The summed E-state index contributed by atoms with van der Waals surface area (Å²) in [6, 6.07) is 5.58. The summed E-state index contributed by atoms with van der Waals surface area (Å²) in [5, 5.41) is 6.85. The predicted molar refractivity (Wildman–Crippen MR) is 78.4 cm³/mol. The van der Waals surface area contributed by atoms with Crippen LogP contribution >= 0.6 is 11.3 Å². The molecule has 1 unspecified atom stereocenters. The van der Waals surface area contributed by atoms with Crippen LogP contribution in [0.5, 0.6) is 0 Å². The van der Waals surface area contributed by atoms with Gasteiger partial charge in [-0.15, -0.1) is 11.3 Å². The summed E-state index contributed by atoms with van der Waals surface area (Å²) in [5.41, 5.74) is 0. The van der Waals surface area contributed by atoms with Gasteiger partial charge in [0.1, 0.15) is 5.82 Å². The summed E-state index contributed by atoms with van der Waals surface area (Å²) in [6.07, 6.45) is 4.61. The third-order valence-corrected chi connectivity index (χ3v) is 4.64. The van der Waals surface area contributed by atoms with Crippen molar-refractivity contribution >= 4 is 27.2 Å². The fourth-order valence-electron chi connectivity index (χ4n) is 2.27. The Morgan fingerprint density at radius 1 is 1.50 bits per heavy atom. The molecule has 3 rings (SSSR count). The lowest BCUT2D eigenvalue weighted by atomic mass is 10.2. The number of aromatic nitrogens is 1. The Morgan fingerprint density at radius 2 is 2.33 bits per heavy atom. The summed E-state index contributed by atoms with van der Waals surface area (Å²) in [5.74, 6) is 1.02. The van der Waals surface area contributed by atoms with E-state index in [4.69, 9.17) is 0 Å². The zero-order valence-electron chi connectivity index (χ0n) is 10.9. The van der Waals surface area contributed by atoms with Crippen LogP contribution in [0.1, 0.15) is 19.8 Å². The lowest BCUT2D eigenvalue weighted by Gasteiger charge is -2.24. The summed E-state index contributed by atoms with van der Waals surface area (Å²) in [7, 11) is 2.22. The molecule has 96 valence electrons. The number of pyridine rings is 1. The predicted octanol–water partition coefficient (Wildman–Crippen LogP) is 3.19. The Balaban J connectivity index is 1.67. The van der Waals surface area contributed by atoms with Crippen molar-refractivity contribution in [2.45, 2.75) is 31.8 Å². The van der Waals surface area contributed by atoms with Gasteiger partial charge in [0.2, 0.25) is 0 Å². The zero-order valence-corrected chi connectivity index (χ0v) is 11.7. The minimum absolute atomic E-state index is 0.549. The number of anilines is 1. The first-order chi connectivity index (χ1) is 8.75. The molecule has 1 aliphatic rings. The van der Waals surface area contributed by atoms with E-state index in [2.05, 4.69) is 46.7 Å². The molecule has 0 bridgehead atoms. The molecule has 4 heteroatoms. The van der Waals surface area contributed by atoms with Crippen LogP contribution in [0, 0.1) is 0 Å². The number of hydrogen-bond acceptors (Lipinski definition) is 4. The molecule has 0 amide bonds. The van der Waals surface area contributed by atoms with Gasteiger partial charge in [0.25, 0.3) is 0 Å². The van der Waals surface area contributed by atoms with Gasteiger partial charge in [0.15, 0.2) is 0 Å². The van der Waals surface area contributed by atoms with Gasteiger partial charge in [0, 0.05) is 34.9 Å². The standard InChI is InChI=1S/C14H19N3S/c1-10(17(2)11-3-4-11)9-16-14-12-6-8-18-13(12)5-7-15-14/h5-8,10-11H,3-4,9H2,1-2H3,(H,15,16). The summed E-state index contributed by atoms with van der Waals surface area (Å²) < 4.78 is 1.30. The average Bonchev–Trinajstić information content (AvgIpc) is 3.12. The van der Waals surface area contributed by atoms with E-state index in [1.807, 2.05) is 6.20 Å². The van der Waals surface area contributed by atoms with Crippen molar-refractivity contribution < 1.29 is 0 Å². The molecule has 2 aromatic heterocycles. The van der Waals surface area contributed by atoms with Gasteiger partial charge < -0.3 is 5.32 Å². The van der Waals surface area contributed by atoms with Crippen molar-refractivity contribution in [2.24, 2.45) is 0 Å². The van der Waals surface area contributed by atoms with E-state index >= 15 is 0 Å². The maximum Gasteiger partial charge on any atom is 0.134 e. The zero-order chi connectivity index (χ0) is 12.5. The molecule has 0 aromatic carbocycles. The topological polar surface area (TPSA) is 28.2 Å². The van der Waals surface area contributed by atoms with Crippen molar-refractivity contribution in [3.05, 3.63) is 23.7 Å². The molecule has 3 nitrogen and oxygen atoms in total. The molecule has 0 aliphatic heterocycles. The SMILES string of the molecule is CC(CNc1nccc2sccc12)N(C)C1CC1. The summed E-state index contributed by atoms with van der Waals surface area (Å²) in [6.45, 7) is 3.23. The van der Waals surface area contributed by atoms with Crippen LogP contribution in [-0.2, 0) is 0 Å². The van der Waals surface area contributed by atoms with Crippen molar-refractivity contribution in [1.82, 2.24) is 9.88 Å². The Kier molecular flexibility index (Phi) is 3.22. The molecule has 1 fully saturated rings. The number of likely N-dealkylation sites (N-methyl/N-ethyl adjacent to an activating group) is 1. The molecule has 2 heterocycles. The number of thiophene rings is 1. The van der Waals surface area contributed by atoms with Crippen LogP contribution in [0.3, 0.4) is 0 Å². The minimum Gasteiger partial charge on any atom is -0.368 e. The smallest absolute Gasteiger partial charge is 0.134 e. The van der Waals surface area contributed by atoms with E-state index in [0.717, 1.165) is 18.4 Å². The van der Waals surface area contributed by atoms with Crippen molar-refractivity contribution in [3.8, 4) is 0 Å². The van der Waals surface area contributed by atoms with Gasteiger partial charge in [-0.3, -0.25) is 4.90 Å². The first-order valence-electron chi connectivity index (χ1n) is 6.53. The van der Waals surface area contributed by atoms with Gasteiger partial charge in [0.05, 0.1) is 0 Å². The third kappa shape index (κ3) is 2.35.